The minimum absolute atomic E-state index is 0.0170. The van der Waals surface area contributed by atoms with Crippen LogP contribution in [0.1, 0.15) is 128 Å². The Kier molecular flexibility index (Phi) is 7.48. The smallest absolute Gasteiger partial charge is 0.333 e. The zero-order valence-corrected chi connectivity index (χ0v) is 42.5. The highest BCUT2D eigenvalue weighted by Crippen LogP contribution is 2.58. The Balaban J connectivity index is 1.19. The van der Waals surface area contributed by atoms with E-state index in [-0.39, 0.29) is 33.9 Å². The highest BCUT2D eigenvalue weighted by atomic mass is 16.3. The molecule has 3 aliphatic carbocycles. The number of hydrogen-bond acceptors (Lipinski definition) is 2. The van der Waals surface area contributed by atoms with Gasteiger partial charge in [-0.25, -0.2) is 0 Å². The maximum absolute atomic E-state index is 7.41. The van der Waals surface area contributed by atoms with E-state index in [0.29, 0.717) is 0 Å². The minimum Gasteiger partial charge on any atom is -0.455 e. The summed E-state index contributed by atoms with van der Waals surface area (Å²) >= 11 is 0. The number of aromatic nitrogens is 1. The van der Waals surface area contributed by atoms with Gasteiger partial charge in [0.05, 0.1) is 16.4 Å². The van der Waals surface area contributed by atoms with Gasteiger partial charge in [-0.2, -0.15) is 0 Å². The first-order chi connectivity index (χ1) is 33.4. The standard InChI is InChI=1S/C66H59BN2O/c1-62(2,3)36-24-26-37(27-25-36)69-53-33-47-41(38-18-12-15-21-45(38)65(47,8)9)30-43(53)56-57-40-20-14-17-23-55(40)70-61(57)58-44-31-49-50(64(6,7)29-28-63(49,4)5)35-52(44)68-54-34-48-42(32-51(54)67(69)59(56)60(58)68)39-19-13-16-22-46(39)66(48,10)11/h12-27,30-35H,28-29H2,1-11H3. The first kappa shape index (κ1) is 41.0. The second-order valence-electron chi connectivity index (χ2n) is 25.1. The molecule has 0 atom stereocenters. The number of fused-ring (bicyclic) bond motifs is 20. The second kappa shape index (κ2) is 12.8. The van der Waals surface area contributed by atoms with Crippen LogP contribution in [-0.2, 0) is 27.1 Å². The van der Waals surface area contributed by atoms with Crippen LogP contribution in [-0.4, -0.2) is 11.4 Å². The first-order valence-corrected chi connectivity index (χ1v) is 25.8. The van der Waals surface area contributed by atoms with Crippen LogP contribution in [0.15, 0.2) is 138 Å². The fraction of sp³-hybridized carbons (Fsp3) is 0.273. The number of rotatable bonds is 1. The summed E-state index contributed by atoms with van der Waals surface area (Å²) in [4.78, 5) is 2.76. The summed E-state index contributed by atoms with van der Waals surface area (Å²) in [6, 6.07) is 52.4. The molecular formula is C66H59BN2O. The predicted octanol–water partition coefficient (Wildman–Crippen LogP) is 16.2. The van der Waals surface area contributed by atoms with Gasteiger partial charge in [-0.1, -0.05) is 161 Å². The Morgan fingerprint density at radius 3 is 1.76 bits per heavy atom. The molecule has 0 saturated carbocycles. The van der Waals surface area contributed by atoms with Crippen molar-refractivity contribution in [3.05, 3.63) is 172 Å². The van der Waals surface area contributed by atoms with Gasteiger partial charge in [-0.15, -0.1) is 0 Å². The highest BCUT2D eigenvalue weighted by Gasteiger charge is 2.50. The van der Waals surface area contributed by atoms with Crippen molar-refractivity contribution >= 4 is 72.9 Å². The molecule has 8 aromatic carbocycles. The van der Waals surface area contributed by atoms with Gasteiger partial charge in [-0.3, -0.25) is 0 Å². The fourth-order valence-corrected chi connectivity index (χ4v) is 14.6. The van der Waals surface area contributed by atoms with Crippen LogP contribution in [0.3, 0.4) is 0 Å². The monoisotopic (exact) mass is 906 g/mol. The van der Waals surface area contributed by atoms with Crippen LogP contribution >= 0.6 is 0 Å². The van der Waals surface area contributed by atoms with Crippen molar-refractivity contribution in [3.8, 4) is 39.1 Å². The number of nitrogens with zero attached hydrogens (tertiary/aromatic N) is 2. The van der Waals surface area contributed by atoms with Gasteiger partial charge in [0, 0.05) is 49.6 Å². The molecule has 0 fully saturated rings. The molecule has 342 valence electrons. The summed E-state index contributed by atoms with van der Waals surface area (Å²) in [5.74, 6) is 0. The maximum atomic E-state index is 7.41. The van der Waals surface area contributed by atoms with Gasteiger partial charge in [0.1, 0.15) is 11.2 Å². The minimum atomic E-state index is -0.182. The molecule has 0 N–H and O–H groups in total. The highest BCUT2D eigenvalue weighted by molar-refractivity contribution is 6.94. The number of benzene rings is 8. The van der Waals surface area contributed by atoms with Gasteiger partial charge < -0.3 is 13.8 Å². The maximum Gasteiger partial charge on any atom is 0.333 e. The Hall–Kier alpha value is -6.78. The Morgan fingerprint density at radius 1 is 0.514 bits per heavy atom. The van der Waals surface area contributed by atoms with E-state index in [4.69, 9.17) is 4.42 Å². The molecule has 0 bridgehead atoms. The van der Waals surface area contributed by atoms with Gasteiger partial charge in [-0.05, 0) is 155 Å². The molecule has 70 heavy (non-hydrogen) atoms. The lowest BCUT2D eigenvalue weighted by atomic mass is 9.43. The third kappa shape index (κ3) is 4.88. The summed E-state index contributed by atoms with van der Waals surface area (Å²) in [5, 5.41) is 4.93. The van der Waals surface area contributed by atoms with Gasteiger partial charge in [0.15, 0.2) is 0 Å². The molecular weight excluding hydrogens is 848 g/mol. The summed E-state index contributed by atoms with van der Waals surface area (Å²) in [6.45, 7) is 26.4. The number of furan rings is 1. The van der Waals surface area contributed by atoms with E-state index >= 15 is 0 Å². The summed E-state index contributed by atoms with van der Waals surface area (Å²) < 4.78 is 10.1. The van der Waals surface area contributed by atoms with E-state index in [1.807, 2.05) is 0 Å². The van der Waals surface area contributed by atoms with Crippen molar-refractivity contribution in [1.29, 1.82) is 0 Å². The fourth-order valence-electron chi connectivity index (χ4n) is 14.6. The van der Waals surface area contributed by atoms with Crippen molar-refractivity contribution in [2.45, 2.75) is 116 Å². The molecule has 10 aromatic rings. The topological polar surface area (TPSA) is 21.3 Å². The second-order valence-corrected chi connectivity index (χ2v) is 25.1. The van der Waals surface area contributed by atoms with Crippen LogP contribution in [0.2, 0.25) is 0 Å². The van der Waals surface area contributed by atoms with E-state index in [9.17, 15) is 0 Å². The van der Waals surface area contributed by atoms with Crippen LogP contribution < -0.4 is 15.7 Å². The quantitative estimate of drug-likeness (QED) is 0.153. The number of hydrogen-bond donors (Lipinski definition) is 0. The van der Waals surface area contributed by atoms with Crippen molar-refractivity contribution in [3.63, 3.8) is 0 Å². The molecule has 0 spiro atoms. The molecule has 0 radical (unpaired) electrons. The molecule has 3 nitrogen and oxygen atoms in total. The summed E-state index contributed by atoms with van der Waals surface area (Å²) in [6.07, 6.45) is 2.31. The predicted molar refractivity (Wildman–Crippen MR) is 296 cm³/mol. The van der Waals surface area contributed by atoms with Crippen LogP contribution in [0, 0.1) is 0 Å². The Labute approximate surface area is 412 Å². The van der Waals surface area contributed by atoms with E-state index in [1.165, 1.54) is 133 Å². The van der Waals surface area contributed by atoms with Gasteiger partial charge >= 0.3 is 6.85 Å². The third-order valence-electron chi connectivity index (χ3n) is 18.6. The molecule has 4 heterocycles. The molecule has 0 saturated heterocycles. The van der Waals surface area contributed by atoms with Gasteiger partial charge in [0.2, 0.25) is 0 Å². The molecule has 5 aliphatic rings. The van der Waals surface area contributed by atoms with E-state index in [0.717, 1.165) is 24.0 Å². The third-order valence-corrected chi connectivity index (χ3v) is 18.6. The van der Waals surface area contributed by atoms with Gasteiger partial charge in [0.25, 0.3) is 0 Å². The molecule has 0 unspecified atom stereocenters. The van der Waals surface area contributed by atoms with Crippen LogP contribution in [0.5, 0.6) is 0 Å². The Morgan fingerprint density at radius 2 is 1.10 bits per heavy atom. The summed E-state index contributed by atoms with van der Waals surface area (Å²) in [5.41, 5.74) is 28.5. The van der Waals surface area contributed by atoms with E-state index in [2.05, 4.69) is 219 Å². The van der Waals surface area contributed by atoms with E-state index < -0.39 is 0 Å². The van der Waals surface area contributed by atoms with Crippen molar-refractivity contribution in [2.24, 2.45) is 0 Å². The van der Waals surface area contributed by atoms with Crippen molar-refractivity contribution < 1.29 is 4.42 Å². The summed E-state index contributed by atoms with van der Waals surface area (Å²) in [7, 11) is 0. The van der Waals surface area contributed by atoms with Crippen LogP contribution in [0.4, 0.5) is 11.4 Å². The Bertz CT molecular complexity index is 4050. The molecule has 2 aliphatic heterocycles. The lowest BCUT2D eigenvalue weighted by Crippen LogP contribution is -2.60. The van der Waals surface area contributed by atoms with Crippen molar-refractivity contribution in [1.82, 2.24) is 4.57 Å². The molecule has 15 rings (SSSR count). The van der Waals surface area contributed by atoms with Crippen molar-refractivity contribution in [2.75, 3.05) is 4.81 Å². The first-order valence-electron chi connectivity index (χ1n) is 25.8. The van der Waals surface area contributed by atoms with E-state index in [1.54, 1.807) is 0 Å². The lowest BCUT2D eigenvalue weighted by molar-refractivity contribution is 0.332. The number of para-hydroxylation sites is 1. The SMILES string of the molecule is CC(C)(C)c1ccc(N2B3c4cc5c(cc4-n4c6cc7c(cc6c6c8oc9ccccc9c8c(c3c64)-c3cc4c(cc32)C(C)(C)c2ccccc2-4)C(C)(C)CCC7(C)C)C(C)(C)c2ccccc2-5)cc1. The zero-order valence-electron chi connectivity index (χ0n) is 42.5. The zero-order chi connectivity index (χ0) is 47.9. The average Bonchev–Trinajstić information content (AvgIpc) is 4.02. The molecule has 4 heteroatoms. The molecule has 2 aromatic heterocycles. The van der Waals surface area contributed by atoms with Crippen LogP contribution in [0.25, 0.3) is 82.8 Å². The number of anilines is 2. The largest absolute Gasteiger partial charge is 0.455 e. The lowest BCUT2D eigenvalue weighted by Gasteiger charge is -2.43. The average molecular weight is 907 g/mol. The normalized spacial score (nSPS) is 17.9. The molecule has 0 amide bonds.